The largest absolute Gasteiger partial charge is 0.490 e. The Hall–Kier alpha value is -3.00. The predicted octanol–water partition coefficient (Wildman–Crippen LogP) is 4.08. The Morgan fingerprint density at radius 2 is 1.77 bits per heavy atom. The van der Waals surface area contributed by atoms with Gasteiger partial charge in [0, 0.05) is 12.1 Å². The molecule has 1 aliphatic heterocycles. The summed E-state index contributed by atoms with van der Waals surface area (Å²) in [6, 6.07) is 14.6. The topological polar surface area (TPSA) is 84.9 Å². The zero-order valence-electron chi connectivity index (χ0n) is 16.8. The number of rotatable bonds is 10. The maximum absolute atomic E-state index is 12.2. The van der Waals surface area contributed by atoms with Gasteiger partial charge in [-0.2, -0.15) is 0 Å². The molecule has 0 unspecified atom stereocenters. The average molecular weight is 429 g/mol. The second-order valence-corrected chi connectivity index (χ2v) is 7.54. The molecule has 1 heterocycles. The number of carbonyl (C=O) groups excluding carboxylic acids is 3. The number of anilines is 1. The third-order valence-electron chi connectivity index (χ3n) is 4.37. The van der Waals surface area contributed by atoms with E-state index in [0.717, 1.165) is 17.3 Å². The minimum absolute atomic E-state index is 0.106. The molecule has 0 bridgehead atoms. The molecule has 1 aliphatic rings. The maximum Gasteiger partial charge on any atom is 0.289 e. The molecule has 0 spiro atoms. The number of nitrogens with zero attached hydrogens (tertiary/aromatic N) is 1. The molecule has 3 rings (SSSR count). The van der Waals surface area contributed by atoms with Crippen LogP contribution in [0, 0.1) is 0 Å². The van der Waals surface area contributed by atoms with E-state index in [1.807, 2.05) is 31.2 Å². The van der Waals surface area contributed by atoms with Crippen molar-refractivity contribution in [3.05, 3.63) is 54.1 Å². The molecule has 1 fully saturated rings. The van der Waals surface area contributed by atoms with Gasteiger partial charge in [-0.3, -0.25) is 19.3 Å². The number of amides is 3. The first-order valence-corrected chi connectivity index (χ1v) is 10.8. The first-order chi connectivity index (χ1) is 14.6. The lowest BCUT2D eigenvalue weighted by atomic mass is 10.2. The summed E-state index contributed by atoms with van der Waals surface area (Å²) in [6.07, 6.45) is 0.897. The molecule has 0 radical (unpaired) electrons. The van der Waals surface area contributed by atoms with E-state index in [2.05, 4.69) is 5.32 Å². The van der Waals surface area contributed by atoms with E-state index in [0.29, 0.717) is 43.2 Å². The summed E-state index contributed by atoms with van der Waals surface area (Å²) in [6.45, 7) is 3.13. The minimum atomic E-state index is -0.219. The van der Waals surface area contributed by atoms with Crippen LogP contribution in [0.15, 0.2) is 48.5 Å². The number of benzene rings is 2. The van der Waals surface area contributed by atoms with Crippen molar-refractivity contribution >= 4 is 34.5 Å². The Kier molecular flexibility index (Phi) is 7.73. The van der Waals surface area contributed by atoms with Crippen LogP contribution in [0.4, 0.5) is 10.5 Å². The number of imide groups is 1. The van der Waals surface area contributed by atoms with E-state index in [1.165, 1.54) is 4.90 Å². The molecule has 2 aromatic carbocycles. The molecule has 0 saturated carbocycles. The zero-order valence-corrected chi connectivity index (χ0v) is 17.6. The molecule has 3 amide bonds. The van der Waals surface area contributed by atoms with Crippen molar-refractivity contribution in [3.8, 4) is 11.5 Å². The molecule has 7 nitrogen and oxygen atoms in total. The highest BCUT2D eigenvalue weighted by molar-refractivity contribution is 8.14. The highest BCUT2D eigenvalue weighted by Gasteiger charge is 2.29. The van der Waals surface area contributed by atoms with Gasteiger partial charge in [-0.05, 0) is 43.2 Å². The predicted molar refractivity (Wildman–Crippen MR) is 116 cm³/mol. The van der Waals surface area contributed by atoms with Gasteiger partial charge in [-0.1, -0.05) is 36.0 Å². The summed E-state index contributed by atoms with van der Waals surface area (Å²) in [5, 5.41) is 2.62. The van der Waals surface area contributed by atoms with Crippen molar-refractivity contribution in [2.45, 2.75) is 26.3 Å². The van der Waals surface area contributed by atoms with Gasteiger partial charge in [0.25, 0.3) is 5.24 Å². The van der Waals surface area contributed by atoms with Gasteiger partial charge >= 0.3 is 0 Å². The molecular weight excluding hydrogens is 404 g/mol. The number of carbonyl (C=O) groups is 3. The molecule has 1 saturated heterocycles. The SMILES string of the molecule is CCOc1ccccc1OCCCC(=O)Nc1ccc(CN2C(=O)CSC2=O)cc1. The summed E-state index contributed by atoms with van der Waals surface area (Å²) in [5.41, 5.74) is 1.50. The van der Waals surface area contributed by atoms with Crippen LogP contribution in [0.3, 0.4) is 0 Å². The van der Waals surface area contributed by atoms with E-state index in [1.54, 1.807) is 24.3 Å². The maximum atomic E-state index is 12.2. The Labute approximate surface area is 179 Å². The lowest BCUT2D eigenvalue weighted by Gasteiger charge is -2.13. The Balaban J connectivity index is 1.41. The fourth-order valence-corrected chi connectivity index (χ4v) is 3.62. The quantitative estimate of drug-likeness (QED) is 0.574. The van der Waals surface area contributed by atoms with Gasteiger partial charge in [-0.15, -0.1) is 0 Å². The van der Waals surface area contributed by atoms with Gasteiger partial charge in [0.1, 0.15) is 0 Å². The van der Waals surface area contributed by atoms with Crippen LogP contribution in [-0.2, 0) is 16.1 Å². The first kappa shape index (κ1) is 21.7. The third-order valence-corrected chi connectivity index (χ3v) is 5.23. The van der Waals surface area contributed by atoms with Crippen molar-refractivity contribution in [1.82, 2.24) is 4.90 Å². The van der Waals surface area contributed by atoms with Crippen molar-refractivity contribution in [3.63, 3.8) is 0 Å². The van der Waals surface area contributed by atoms with Gasteiger partial charge in [-0.25, -0.2) is 0 Å². The second-order valence-electron chi connectivity index (χ2n) is 6.61. The van der Waals surface area contributed by atoms with Crippen LogP contribution in [-0.4, -0.2) is 40.9 Å². The van der Waals surface area contributed by atoms with E-state index in [9.17, 15) is 14.4 Å². The summed E-state index contributed by atoms with van der Waals surface area (Å²) >= 11 is 1.02. The molecule has 0 aromatic heterocycles. The van der Waals surface area contributed by atoms with E-state index < -0.39 is 0 Å². The van der Waals surface area contributed by atoms with E-state index >= 15 is 0 Å². The highest BCUT2D eigenvalue weighted by atomic mass is 32.2. The lowest BCUT2D eigenvalue weighted by Crippen LogP contribution is -2.27. The molecule has 1 N–H and O–H groups in total. The van der Waals surface area contributed by atoms with Crippen LogP contribution in [0.5, 0.6) is 11.5 Å². The van der Waals surface area contributed by atoms with Crippen LogP contribution in [0.1, 0.15) is 25.3 Å². The first-order valence-electron chi connectivity index (χ1n) is 9.77. The highest BCUT2D eigenvalue weighted by Crippen LogP contribution is 2.26. The molecule has 0 atom stereocenters. The summed E-state index contributed by atoms with van der Waals surface area (Å²) in [7, 11) is 0. The van der Waals surface area contributed by atoms with Crippen molar-refractivity contribution in [2.24, 2.45) is 0 Å². The van der Waals surface area contributed by atoms with Crippen LogP contribution in [0.25, 0.3) is 0 Å². The van der Waals surface area contributed by atoms with Crippen molar-refractivity contribution in [2.75, 3.05) is 24.3 Å². The number of nitrogens with one attached hydrogen (secondary N) is 1. The fraction of sp³-hybridized carbons (Fsp3) is 0.318. The molecular formula is C22H24N2O5S. The number of hydrogen-bond acceptors (Lipinski definition) is 6. The number of hydrogen-bond donors (Lipinski definition) is 1. The minimum Gasteiger partial charge on any atom is -0.490 e. The van der Waals surface area contributed by atoms with Crippen LogP contribution in [0.2, 0.25) is 0 Å². The van der Waals surface area contributed by atoms with Crippen molar-refractivity contribution in [1.29, 1.82) is 0 Å². The van der Waals surface area contributed by atoms with Gasteiger partial charge in [0.15, 0.2) is 11.5 Å². The normalized spacial score (nSPS) is 13.4. The monoisotopic (exact) mass is 428 g/mol. The average Bonchev–Trinajstić information content (AvgIpc) is 3.06. The Bertz CT molecular complexity index is 885. The van der Waals surface area contributed by atoms with Gasteiger partial charge in [0.05, 0.1) is 25.5 Å². The standard InChI is InChI=1S/C22H24N2O5S/c1-2-28-18-6-3-4-7-19(18)29-13-5-8-20(25)23-17-11-9-16(10-12-17)14-24-21(26)15-30-22(24)27/h3-4,6-7,9-12H,2,5,8,13-15H2,1H3,(H,23,25). The number of para-hydroxylation sites is 2. The zero-order chi connectivity index (χ0) is 21.3. The molecule has 0 aliphatic carbocycles. The lowest BCUT2D eigenvalue weighted by molar-refractivity contribution is -0.125. The summed E-state index contributed by atoms with van der Waals surface area (Å²) < 4.78 is 11.2. The molecule has 8 heteroatoms. The fourth-order valence-electron chi connectivity index (χ4n) is 2.89. The number of thioether (sulfide) groups is 1. The summed E-state index contributed by atoms with van der Waals surface area (Å²) in [5.74, 6) is 1.29. The van der Waals surface area contributed by atoms with E-state index in [4.69, 9.17) is 9.47 Å². The van der Waals surface area contributed by atoms with E-state index in [-0.39, 0.29) is 29.4 Å². The third kappa shape index (κ3) is 6.00. The van der Waals surface area contributed by atoms with Crippen LogP contribution < -0.4 is 14.8 Å². The smallest absolute Gasteiger partial charge is 0.289 e. The van der Waals surface area contributed by atoms with Crippen molar-refractivity contribution < 1.29 is 23.9 Å². The van der Waals surface area contributed by atoms with Gasteiger partial charge < -0.3 is 14.8 Å². The summed E-state index contributed by atoms with van der Waals surface area (Å²) in [4.78, 5) is 36.7. The molecule has 30 heavy (non-hydrogen) atoms. The Morgan fingerprint density at radius 3 is 2.40 bits per heavy atom. The molecule has 158 valence electrons. The number of ether oxygens (including phenoxy) is 2. The Morgan fingerprint density at radius 1 is 1.07 bits per heavy atom. The van der Waals surface area contributed by atoms with Crippen LogP contribution >= 0.6 is 11.8 Å². The molecule has 2 aromatic rings. The van der Waals surface area contributed by atoms with Gasteiger partial charge in [0.2, 0.25) is 11.8 Å². The second kappa shape index (κ2) is 10.7.